The number of carbonyl (C=O) groups excluding carboxylic acids is 2. The van der Waals surface area contributed by atoms with Crippen molar-refractivity contribution in [2.45, 2.75) is 6.61 Å². The van der Waals surface area contributed by atoms with Gasteiger partial charge in [-0.1, -0.05) is 59.6 Å². The Morgan fingerprint density at radius 1 is 1.00 bits per heavy atom. The van der Waals surface area contributed by atoms with E-state index in [1.54, 1.807) is 24.3 Å². The Hall–Kier alpha value is -2.30. The molecule has 0 unspecified atom stereocenters. The molecular weight excluding hydrogens is 349 g/mol. The van der Waals surface area contributed by atoms with Crippen LogP contribution in [0.2, 0.25) is 10.0 Å². The summed E-state index contributed by atoms with van der Waals surface area (Å²) in [5, 5.41) is 3.29. The van der Waals surface area contributed by atoms with E-state index >= 15 is 0 Å². The van der Waals surface area contributed by atoms with Crippen LogP contribution in [0.1, 0.15) is 11.1 Å². The standard InChI is InChI=1S/C18H15Cl2NO3/c19-15-7-4-8-16(20)14(15)12-24-18(23)11-21-17(22)10-9-13-5-2-1-3-6-13/h1-10H,11-12H2,(H,21,22)/b10-9+. The van der Waals surface area contributed by atoms with E-state index in [2.05, 4.69) is 5.32 Å². The van der Waals surface area contributed by atoms with Crippen molar-refractivity contribution in [3.8, 4) is 0 Å². The molecule has 0 saturated heterocycles. The Balaban J connectivity index is 1.77. The van der Waals surface area contributed by atoms with Crippen molar-refractivity contribution < 1.29 is 14.3 Å². The average molecular weight is 364 g/mol. The lowest BCUT2D eigenvalue weighted by Gasteiger charge is -2.08. The van der Waals surface area contributed by atoms with Gasteiger partial charge in [0.15, 0.2) is 0 Å². The van der Waals surface area contributed by atoms with E-state index < -0.39 is 5.97 Å². The molecule has 0 fully saturated rings. The second kappa shape index (κ2) is 9.11. The minimum Gasteiger partial charge on any atom is -0.459 e. The largest absolute Gasteiger partial charge is 0.459 e. The first-order valence-corrected chi connectivity index (χ1v) is 7.91. The Labute approximate surface area is 150 Å². The highest BCUT2D eigenvalue weighted by molar-refractivity contribution is 6.35. The summed E-state index contributed by atoms with van der Waals surface area (Å²) in [6, 6.07) is 14.4. The van der Waals surface area contributed by atoms with Gasteiger partial charge >= 0.3 is 5.97 Å². The second-order valence-electron chi connectivity index (χ2n) is 4.82. The lowest BCUT2D eigenvalue weighted by Crippen LogP contribution is -2.29. The zero-order chi connectivity index (χ0) is 17.4. The number of hydrogen-bond donors (Lipinski definition) is 1. The molecule has 0 bridgehead atoms. The minimum atomic E-state index is -0.576. The molecule has 0 saturated carbocycles. The second-order valence-corrected chi connectivity index (χ2v) is 5.64. The quantitative estimate of drug-likeness (QED) is 0.626. The summed E-state index contributed by atoms with van der Waals surface area (Å²) in [6.45, 7) is -0.285. The van der Waals surface area contributed by atoms with E-state index in [-0.39, 0.29) is 19.1 Å². The first kappa shape index (κ1) is 18.0. The van der Waals surface area contributed by atoms with Crippen molar-refractivity contribution in [2.24, 2.45) is 0 Å². The summed E-state index contributed by atoms with van der Waals surface area (Å²) in [6.07, 6.45) is 3.01. The third kappa shape index (κ3) is 5.72. The molecule has 6 heteroatoms. The van der Waals surface area contributed by atoms with Gasteiger partial charge in [0.25, 0.3) is 0 Å². The van der Waals surface area contributed by atoms with Crippen molar-refractivity contribution in [1.82, 2.24) is 5.32 Å². The van der Waals surface area contributed by atoms with Gasteiger partial charge in [-0.05, 0) is 23.8 Å². The number of rotatable bonds is 6. The van der Waals surface area contributed by atoms with Crippen molar-refractivity contribution in [1.29, 1.82) is 0 Å². The number of esters is 1. The Morgan fingerprint density at radius 2 is 1.67 bits per heavy atom. The molecule has 0 aliphatic heterocycles. The number of benzene rings is 2. The molecule has 0 radical (unpaired) electrons. The Kier molecular flexibility index (Phi) is 6.85. The smallest absolute Gasteiger partial charge is 0.325 e. The number of hydrogen-bond acceptors (Lipinski definition) is 3. The van der Waals surface area contributed by atoms with Gasteiger partial charge in [0, 0.05) is 21.7 Å². The van der Waals surface area contributed by atoms with Gasteiger partial charge < -0.3 is 10.1 Å². The topological polar surface area (TPSA) is 55.4 Å². The summed E-state index contributed by atoms with van der Waals surface area (Å²) in [5.74, 6) is -0.959. The van der Waals surface area contributed by atoms with E-state index in [1.165, 1.54) is 6.08 Å². The molecule has 24 heavy (non-hydrogen) atoms. The van der Waals surface area contributed by atoms with Crippen molar-refractivity contribution in [3.05, 3.63) is 75.8 Å². The molecule has 0 aliphatic carbocycles. The number of amides is 1. The van der Waals surface area contributed by atoms with Crippen LogP contribution in [-0.2, 0) is 20.9 Å². The van der Waals surface area contributed by atoms with E-state index in [1.807, 2.05) is 30.3 Å². The van der Waals surface area contributed by atoms with Crippen LogP contribution in [0.3, 0.4) is 0 Å². The maximum Gasteiger partial charge on any atom is 0.325 e. The molecule has 124 valence electrons. The molecule has 2 aromatic rings. The number of halogens is 2. The fourth-order valence-corrected chi connectivity index (χ4v) is 2.33. The normalized spacial score (nSPS) is 10.6. The van der Waals surface area contributed by atoms with Crippen LogP contribution in [-0.4, -0.2) is 18.4 Å². The highest BCUT2D eigenvalue weighted by Crippen LogP contribution is 2.24. The van der Waals surface area contributed by atoms with E-state index in [0.717, 1.165) is 5.56 Å². The molecule has 4 nitrogen and oxygen atoms in total. The third-order valence-corrected chi connectivity index (χ3v) is 3.78. The molecule has 0 heterocycles. The van der Waals surface area contributed by atoms with Crippen LogP contribution in [0.5, 0.6) is 0 Å². The van der Waals surface area contributed by atoms with Crippen LogP contribution >= 0.6 is 23.2 Å². The van der Waals surface area contributed by atoms with Crippen molar-refractivity contribution >= 4 is 41.2 Å². The highest BCUT2D eigenvalue weighted by Gasteiger charge is 2.09. The molecule has 0 aromatic heterocycles. The maximum atomic E-state index is 11.7. The van der Waals surface area contributed by atoms with Gasteiger partial charge in [0.1, 0.15) is 13.2 Å². The van der Waals surface area contributed by atoms with Crippen LogP contribution in [0.25, 0.3) is 6.08 Å². The molecule has 0 atom stereocenters. The van der Waals surface area contributed by atoms with E-state index in [4.69, 9.17) is 27.9 Å². The predicted molar refractivity (Wildman–Crippen MR) is 94.7 cm³/mol. The molecular formula is C18H15Cl2NO3. The van der Waals surface area contributed by atoms with Gasteiger partial charge in [0.2, 0.25) is 5.91 Å². The number of carbonyl (C=O) groups is 2. The van der Waals surface area contributed by atoms with Crippen molar-refractivity contribution in [2.75, 3.05) is 6.54 Å². The maximum absolute atomic E-state index is 11.7. The van der Waals surface area contributed by atoms with Crippen LogP contribution < -0.4 is 5.32 Å². The minimum absolute atomic E-state index is 0.0485. The summed E-state index contributed by atoms with van der Waals surface area (Å²) in [7, 11) is 0. The summed E-state index contributed by atoms with van der Waals surface area (Å²) in [4.78, 5) is 23.3. The molecule has 1 amide bonds. The summed E-state index contributed by atoms with van der Waals surface area (Å²) < 4.78 is 5.06. The van der Waals surface area contributed by atoms with Gasteiger partial charge in [-0.2, -0.15) is 0 Å². The van der Waals surface area contributed by atoms with Gasteiger partial charge in [0.05, 0.1) is 0 Å². The lowest BCUT2D eigenvalue weighted by molar-refractivity contribution is -0.144. The van der Waals surface area contributed by atoms with E-state index in [0.29, 0.717) is 15.6 Å². The number of ether oxygens (including phenoxy) is 1. The third-order valence-electron chi connectivity index (χ3n) is 3.07. The molecule has 2 rings (SSSR count). The molecule has 2 aromatic carbocycles. The van der Waals surface area contributed by atoms with Gasteiger partial charge in [-0.25, -0.2) is 0 Å². The van der Waals surface area contributed by atoms with Crippen LogP contribution in [0, 0.1) is 0 Å². The first-order valence-electron chi connectivity index (χ1n) is 7.16. The fourth-order valence-electron chi connectivity index (χ4n) is 1.83. The van der Waals surface area contributed by atoms with Crippen LogP contribution in [0.4, 0.5) is 0 Å². The molecule has 0 aliphatic rings. The predicted octanol–water partition coefficient (Wildman–Crippen LogP) is 3.87. The summed E-state index contributed by atoms with van der Waals surface area (Å²) >= 11 is 12.0. The van der Waals surface area contributed by atoms with Crippen molar-refractivity contribution in [3.63, 3.8) is 0 Å². The Bertz CT molecular complexity index is 725. The first-order chi connectivity index (χ1) is 11.6. The average Bonchev–Trinajstić information content (AvgIpc) is 2.58. The lowest BCUT2D eigenvalue weighted by atomic mass is 10.2. The summed E-state index contributed by atoms with van der Waals surface area (Å²) in [5.41, 5.74) is 1.42. The zero-order valence-electron chi connectivity index (χ0n) is 12.7. The van der Waals surface area contributed by atoms with E-state index in [9.17, 15) is 9.59 Å². The fraction of sp³-hybridized carbons (Fsp3) is 0.111. The Morgan fingerprint density at radius 3 is 2.33 bits per heavy atom. The molecule has 1 N–H and O–H groups in total. The molecule has 0 spiro atoms. The van der Waals surface area contributed by atoms with Gasteiger partial charge in [-0.15, -0.1) is 0 Å². The monoisotopic (exact) mass is 363 g/mol. The van der Waals surface area contributed by atoms with Crippen LogP contribution in [0.15, 0.2) is 54.6 Å². The SMILES string of the molecule is O=C(/C=C/c1ccccc1)NCC(=O)OCc1c(Cl)cccc1Cl. The highest BCUT2D eigenvalue weighted by atomic mass is 35.5. The number of nitrogens with one attached hydrogen (secondary N) is 1. The zero-order valence-corrected chi connectivity index (χ0v) is 14.2. The van der Waals surface area contributed by atoms with Gasteiger partial charge in [-0.3, -0.25) is 9.59 Å².